The lowest BCUT2D eigenvalue weighted by Crippen LogP contribution is -2.16. The van der Waals surface area contributed by atoms with Gasteiger partial charge in [0.15, 0.2) is 5.75 Å². The van der Waals surface area contributed by atoms with Crippen LogP contribution in [0.15, 0.2) is 58.3 Å². The van der Waals surface area contributed by atoms with E-state index in [4.69, 9.17) is 0 Å². The molecule has 2 aromatic carbocycles. The van der Waals surface area contributed by atoms with Crippen molar-refractivity contribution in [3.05, 3.63) is 70.0 Å². The molecule has 1 aromatic heterocycles. The Balaban J connectivity index is 1.82. The van der Waals surface area contributed by atoms with Gasteiger partial charge >= 0.3 is 5.69 Å². The highest BCUT2D eigenvalue weighted by atomic mass is 32.2. The van der Waals surface area contributed by atoms with Gasteiger partial charge in [-0.1, -0.05) is 0 Å². The molecule has 0 aliphatic heterocycles. The number of benzene rings is 2. The number of sulfonamides is 2. The summed E-state index contributed by atoms with van der Waals surface area (Å²) < 4.78 is 54.6. The van der Waals surface area contributed by atoms with Crippen LogP contribution in [-0.4, -0.2) is 36.8 Å². The number of anilines is 2. The van der Waals surface area contributed by atoms with E-state index in [0.29, 0.717) is 17.5 Å². The van der Waals surface area contributed by atoms with Crippen molar-refractivity contribution >= 4 is 37.4 Å². The average Bonchev–Trinajstić information content (AvgIpc) is 2.66. The maximum absolute atomic E-state index is 12.6. The summed E-state index contributed by atoms with van der Waals surface area (Å²) in [4.78, 5) is 17.4. The second-order valence-electron chi connectivity index (χ2n) is 6.62. The van der Waals surface area contributed by atoms with Gasteiger partial charge in [-0.05, 0) is 56.3 Å². The number of hydrogen-bond acceptors (Lipinski definition) is 9. The number of nitrogens with zero attached hydrogens (tertiary/aromatic N) is 3. The van der Waals surface area contributed by atoms with Gasteiger partial charge in [0, 0.05) is 23.1 Å². The molecular formula is C18H17N5O7S2. The second kappa shape index (κ2) is 8.39. The monoisotopic (exact) mass is 479 g/mol. The molecule has 0 saturated heterocycles. The molecule has 0 atom stereocenters. The molecule has 32 heavy (non-hydrogen) atoms. The zero-order valence-electron chi connectivity index (χ0n) is 16.7. The third kappa shape index (κ3) is 5.09. The largest absolute Gasteiger partial charge is 0.502 e. The molecule has 3 rings (SSSR count). The van der Waals surface area contributed by atoms with Gasteiger partial charge in [-0.25, -0.2) is 31.5 Å². The Labute approximate surface area is 183 Å². The van der Waals surface area contributed by atoms with Crippen LogP contribution in [0.3, 0.4) is 0 Å². The quantitative estimate of drug-likeness (QED) is 0.338. The van der Waals surface area contributed by atoms with Gasteiger partial charge in [-0.15, -0.1) is 0 Å². The number of nitro groups is 1. The Hall–Kier alpha value is -3.78. The topological polar surface area (TPSA) is 181 Å². The number of hydrogen-bond donors (Lipinski definition) is 3. The minimum atomic E-state index is -4.24. The van der Waals surface area contributed by atoms with Crippen molar-refractivity contribution in [2.75, 3.05) is 9.44 Å². The SMILES string of the molecule is Cc1cc(C)nc(NS(=O)(=O)c2ccc(NS(=O)(=O)c3ccc(O)c([N+](=O)[O-])c3)cc2)n1. The van der Waals surface area contributed by atoms with Crippen molar-refractivity contribution in [1.82, 2.24) is 9.97 Å². The predicted octanol–water partition coefficient (Wildman–Crippen LogP) is 2.31. The third-order valence-corrected chi connectivity index (χ3v) is 6.80. The number of aromatic nitrogens is 2. The molecule has 0 bridgehead atoms. The Morgan fingerprint density at radius 3 is 1.94 bits per heavy atom. The first-order valence-electron chi connectivity index (χ1n) is 8.83. The van der Waals surface area contributed by atoms with Gasteiger partial charge in [-0.3, -0.25) is 14.8 Å². The van der Waals surface area contributed by atoms with Crippen LogP contribution in [0.25, 0.3) is 0 Å². The standard InChI is InChI=1S/C18H17N5O7S2/c1-11-9-12(2)20-18(19-11)22-31(27,28)14-5-3-13(4-6-14)21-32(29,30)15-7-8-17(24)16(10-15)23(25)26/h3-10,21,24H,1-2H3,(H,19,20,22). The Morgan fingerprint density at radius 1 is 0.844 bits per heavy atom. The van der Waals surface area contributed by atoms with E-state index in [1.54, 1.807) is 19.9 Å². The lowest BCUT2D eigenvalue weighted by atomic mass is 10.3. The Morgan fingerprint density at radius 2 is 1.38 bits per heavy atom. The van der Waals surface area contributed by atoms with Crippen molar-refractivity contribution in [3.63, 3.8) is 0 Å². The summed E-state index contributed by atoms with van der Waals surface area (Å²) in [6.07, 6.45) is 0. The molecule has 0 unspecified atom stereocenters. The molecule has 0 radical (unpaired) electrons. The fourth-order valence-electron chi connectivity index (χ4n) is 2.68. The lowest BCUT2D eigenvalue weighted by molar-refractivity contribution is -0.386. The smallest absolute Gasteiger partial charge is 0.312 e. The number of nitrogens with one attached hydrogen (secondary N) is 2. The van der Waals surface area contributed by atoms with Crippen LogP contribution in [0.4, 0.5) is 17.3 Å². The van der Waals surface area contributed by atoms with E-state index >= 15 is 0 Å². The van der Waals surface area contributed by atoms with Crippen LogP contribution < -0.4 is 9.44 Å². The number of nitro benzene ring substituents is 1. The first-order valence-corrected chi connectivity index (χ1v) is 11.8. The normalized spacial score (nSPS) is 11.7. The summed E-state index contributed by atoms with van der Waals surface area (Å²) in [5.41, 5.74) is 0.403. The van der Waals surface area contributed by atoms with Crippen LogP contribution in [0.2, 0.25) is 0 Å². The van der Waals surface area contributed by atoms with E-state index in [0.717, 1.165) is 12.1 Å². The van der Waals surface area contributed by atoms with Crippen molar-refractivity contribution in [3.8, 4) is 5.75 Å². The molecule has 3 aromatic rings. The van der Waals surface area contributed by atoms with Crippen LogP contribution in [0.5, 0.6) is 5.75 Å². The summed E-state index contributed by atoms with van der Waals surface area (Å²) >= 11 is 0. The first-order chi connectivity index (χ1) is 14.9. The number of aryl methyl sites for hydroxylation is 2. The maximum atomic E-state index is 12.6. The van der Waals surface area contributed by atoms with Crippen LogP contribution in [-0.2, 0) is 20.0 Å². The molecule has 0 aliphatic carbocycles. The maximum Gasteiger partial charge on any atom is 0.312 e. The summed E-state index contributed by atoms with van der Waals surface area (Å²) in [5.74, 6) is -0.773. The van der Waals surface area contributed by atoms with E-state index in [-0.39, 0.29) is 16.5 Å². The van der Waals surface area contributed by atoms with Crippen molar-refractivity contribution < 1.29 is 26.9 Å². The zero-order chi connectivity index (χ0) is 23.7. The summed E-state index contributed by atoms with van der Waals surface area (Å²) in [7, 11) is -8.28. The number of aromatic hydroxyl groups is 1. The molecule has 0 amide bonds. The van der Waals surface area contributed by atoms with E-state index in [2.05, 4.69) is 19.4 Å². The van der Waals surface area contributed by atoms with Gasteiger partial charge in [0.05, 0.1) is 14.7 Å². The number of rotatable bonds is 7. The highest BCUT2D eigenvalue weighted by Gasteiger charge is 2.22. The summed E-state index contributed by atoms with van der Waals surface area (Å²) in [5, 5.41) is 20.4. The Kier molecular flexibility index (Phi) is 6.00. The van der Waals surface area contributed by atoms with Crippen LogP contribution in [0.1, 0.15) is 11.4 Å². The molecule has 0 fully saturated rings. The number of phenols is 1. The highest BCUT2D eigenvalue weighted by molar-refractivity contribution is 7.93. The minimum Gasteiger partial charge on any atom is -0.502 e. The van der Waals surface area contributed by atoms with Crippen molar-refractivity contribution in [2.45, 2.75) is 23.6 Å². The molecule has 1 heterocycles. The van der Waals surface area contributed by atoms with Gasteiger partial charge in [0.2, 0.25) is 5.95 Å². The number of phenolic OH excluding ortho intramolecular Hbond substituents is 1. The fraction of sp³-hybridized carbons (Fsp3) is 0.111. The second-order valence-corrected chi connectivity index (χ2v) is 9.98. The molecular weight excluding hydrogens is 462 g/mol. The predicted molar refractivity (Wildman–Crippen MR) is 114 cm³/mol. The molecule has 0 saturated carbocycles. The highest BCUT2D eigenvalue weighted by Crippen LogP contribution is 2.29. The third-order valence-electron chi connectivity index (χ3n) is 4.08. The summed E-state index contributed by atoms with van der Waals surface area (Å²) in [6.45, 7) is 3.38. The molecule has 14 heteroatoms. The minimum absolute atomic E-state index is 0.0160. The molecule has 0 aliphatic rings. The van der Waals surface area contributed by atoms with E-state index < -0.39 is 41.3 Å². The van der Waals surface area contributed by atoms with Gasteiger partial charge < -0.3 is 5.11 Å². The fourth-order valence-corrected chi connectivity index (χ4v) is 4.71. The van der Waals surface area contributed by atoms with Crippen LogP contribution >= 0.6 is 0 Å². The summed E-state index contributed by atoms with van der Waals surface area (Å²) in [6, 6.07) is 9.04. The lowest BCUT2D eigenvalue weighted by Gasteiger charge is -2.10. The zero-order valence-corrected chi connectivity index (χ0v) is 18.3. The van der Waals surface area contributed by atoms with Crippen molar-refractivity contribution in [1.29, 1.82) is 0 Å². The first kappa shape index (κ1) is 22.9. The van der Waals surface area contributed by atoms with E-state index in [1.165, 1.54) is 24.3 Å². The van der Waals surface area contributed by atoms with E-state index in [9.17, 15) is 32.1 Å². The molecule has 0 spiro atoms. The van der Waals surface area contributed by atoms with Gasteiger partial charge in [0.1, 0.15) is 0 Å². The Bertz CT molecular complexity index is 1390. The average molecular weight is 479 g/mol. The molecule has 3 N–H and O–H groups in total. The molecule has 12 nitrogen and oxygen atoms in total. The van der Waals surface area contributed by atoms with Gasteiger partial charge in [0.25, 0.3) is 20.0 Å². The van der Waals surface area contributed by atoms with E-state index in [1.807, 2.05) is 0 Å². The molecule has 168 valence electrons. The van der Waals surface area contributed by atoms with Gasteiger partial charge in [-0.2, -0.15) is 0 Å². The van der Waals surface area contributed by atoms with Crippen LogP contribution in [0, 0.1) is 24.0 Å². The van der Waals surface area contributed by atoms with Crippen molar-refractivity contribution in [2.24, 2.45) is 0 Å².